The van der Waals surface area contributed by atoms with E-state index in [0.29, 0.717) is 62.7 Å². The maximum Gasteiger partial charge on any atom is 0.315 e. The molecule has 10 rings (SSSR count). The Kier molecular flexibility index (Phi) is 65.0. The maximum absolute atomic E-state index is 12.2. The number of hydrogen-bond acceptors (Lipinski definition) is 18. The molecule has 0 aliphatic carbocycles. The van der Waals surface area contributed by atoms with E-state index in [1.54, 1.807) is 69.6 Å². The fourth-order valence-electron chi connectivity index (χ4n) is 10.8. The number of aryl methyl sites for hydroxylation is 10. The van der Waals surface area contributed by atoms with E-state index in [0.717, 1.165) is 95.4 Å². The third-order valence-corrected chi connectivity index (χ3v) is 19.2. The fraction of sp³-hybridized carbons (Fsp3) is 0.413. The molecule has 0 spiro atoms. The van der Waals surface area contributed by atoms with Crippen LogP contribution in [0.25, 0.3) is 0 Å². The van der Waals surface area contributed by atoms with Crippen LogP contribution in [0.1, 0.15) is 112 Å². The van der Waals surface area contributed by atoms with Crippen LogP contribution in [-0.2, 0) is 66.5 Å². The molecule has 1 atom stereocenters. The zero-order valence-electron chi connectivity index (χ0n) is 80.2. The van der Waals surface area contributed by atoms with Gasteiger partial charge in [0, 0.05) is 131 Å². The molecule has 9 heterocycles. The van der Waals surface area contributed by atoms with Gasteiger partial charge in [0.1, 0.15) is 76.2 Å². The highest BCUT2D eigenvalue weighted by molar-refractivity contribution is 9.10. The van der Waals surface area contributed by atoms with Crippen LogP contribution in [0, 0.1) is 62.3 Å². The number of benzene rings is 1. The van der Waals surface area contributed by atoms with E-state index in [1.165, 1.54) is 4.88 Å². The summed E-state index contributed by atoms with van der Waals surface area (Å²) in [6.45, 7) is 15.4. The van der Waals surface area contributed by atoms with Gasteiger partial charge in [-0.3, -0.25) is 29.3 Å². The Morgan fingerprint density at radius 1 is 0.364 bits per heavy atom. The van der Waals surface area contributed by atoms with Crippen molar-refractivity contribution in [2.45, 2.75) is 121 Å². The molecule has 10 aromatic rings. The zero-order chi connectivity index (χ0) is 104. The molecule has 18 N–H and O–H groups in total. The third-order valence-electron chi connectivity index (χ3n) is 17.7. The first-order valence-electron chi connectivity index (χ1n) is 43.9. The Morgan fingerprint density at radius 3 is 1.21 bits per heavy atom. The van der Waals surface area contributed by atoms with Crippen molar-refractivity contribution in [1.29, 1.82) is 0 Å². The quantitative estimate of drug-likeness (QED) is 0.0127. The van der Waals surface area contributed by atoms with E-state index < -0.39 is 72.1 Å². The molecule has 1 aromatic carbocycles. The number of carbonyl (C=O) groups excluding carboxylic acids is 9. The SMILES string of the molecule is Cc1cc(CNC(=O)NCCF)nn1C.Cc1ccc(CNC(=O)NCCF)o1.Cc1cccc(C(NC(=O)NCCF)c2ccc(C)s2)c1.Cc1cccc(CNC(=O)NCCF)n1.Cc1cccnc1CNC(=O)NCCF.Cc1ccnc(CNC(=O)NCCF)c1.Cc1nn(C)c(C)c1CNC(=O)NCCF.O=C(NCCF)NCc1cccc(Br)n1.O=C(NCCF)NCc1ccccn1. The number of halogens is 10. The molecule has 140 heavy (non-hydrogen) atoms. The molecule has 768 valence electrons. The smallest absolute Gasteiger partial charge is 0.315 e. The second-order valence-electron chi connectivity index (χ2n) is 29.1. The lowest BCUT2D eigenvalue weighted by molar-refractivity contribution is 0.237. The normalized spacial score (nSPS) is 10.2. The van der Waals surface area contributed by atoms with Gasteiger partial charge in [0.05, 0.1) is 91.7 Å². The van der Waals surface area contributed by atoms with Crippen molar-refractivity contribution >= 4 is 81.5 Å². The highest BCUT2D eigenvalue weighted by Gasteiger charge is 2.20. The number of rotatable bonds is 37. The highest BCUT2D eigenvalue weighted by Crippen LogP contribution is 2.29. The molecular formula is C92H129BrF9N27O10S. The van der Waals surface area contributed by atoms with Crippen molar-refractivity contribution in [1.82, 2.24) is 140 Å². The third kappa shape index (κ3) is 58.3. The minimum absolute atomic E-state index is 0.0236. The summed E-state index contributed by atoms with van der Waals surface area (Å²) in [5, 5.41) is 53.4. The lowest BCUT2D eigenvalue weighted by atomic mass is 10.0. The highest BCUT2D eigenvalue weighted by atomic mass is 79.9. The predicted octanol–water partition coefficient (Wildman–Crippen LogP) is 12.3. The number of hydrogen-bond donors (Lipinski definition) is 18. The molecule has 9 aromatic heterocycles. The topological polar surface area (TPSA) is 483 Å². The molecular weight excluding hydrogens is 1930 g/mol. The molecule has 48 heteroatoms. The minimum atomic E-state index is -0.569. The summed E-state index contributed by atoms with van der Waals surface area (Å²) in [5.41, 5.74) is 13.8. The van der Waals surface area contributed by atoms with Crippen molar-refractivity contribution in [3.05, 3.63) is 263 Å². The van der Waals surface area contributed by atoms with Crippen LogP contribution >= 0.6 is 27.3 Å². The summed E-state index contributed by atoms with van der Waals surface area (Å²) in [7, 11) is 3.69. The molecule has 0 saturated heterocycles. The number of pyridine rings is 5. The van der Waals surface area contributed by atoms with Gasteiger partial charge >= 0.3 is 54.3 Å². The summed E-state index contributed by atoms with van der Waals surface area (Å²) in [6.07, 6.45) is 5.01. The summed E-state index contributed by atoms with van der Waals surface area (Å²) in [5.74, 6) is 1.48. The minimum Gasteiger partial charge on any atom is -0.465 e. The average Bonchev–Trinajstić information content (AvgIpc) is 1.72. The number of thiophene rings is 1. The molecule has 0 radical (unpaired) electrons. The number of carbonyl (C=O) groups is 9. The summed E-state index contributed by atoms with van der Waals surface area (Å²) in [6, 6.07) is 37.9. The second kappa shape index (κ2) is 74.8. The zero-order valence-corrected chi connectivity index (χ0v) is 82.6. The van der Waals surface area contributed by atoms with Crippen LogP contribution in [0.3, 0.4) is 0 Å². The average molecular weight is 2060 g/mol. The maximum atomic E-state index is 12.2. The van der Waals surface area contributed by atoms with Crippen molar-refractivity contribution in [3.63, 3.8) is 0 Å². The van der Waals surface area contributed by atoms with E-state index in [4.69, 9.17) is 4.42 Å². The van der Waals surface area contributed by atoms with Crippen molar-refractivity contribution in [2.24, 2.45) is 14.1 Å². The fourth-order valence-corrected chi connectivity index (χ4v) is 12.1. The molecule has 0 bridgehead atoms. The first-order valence-corrected chi connectivity index (χ1v) is 45.5. The standard InChI is InChI=1S/C16H19FN2OS.C10H17FN4O.3C10H14FN3O.C9H11BrFN3O.C9H15FN4O.C9H12FN3O.C9H13FN2O2/c1-11-4-3-5-13(10-11)15(14-7-6-12(2)21-14)19-16(20)18-9-8-17;1-7-9(8(2)15(3)14-7)6-13-10(16)12-5-4-11;1-8-2-4-12-9(6-8)7-14-10(15)13-5-3-11;1-8-3-2-5-12-9(8)7-14-10(15)13-6-4-11;1-8-3-2-4-9(14-8)7-13-10(15)12-6-5-11;10-8-3-1-2-7(14-8)6-13-9(15)12-5-4-11;1-7-5-8(13-14(7)2)6-12-9(15)11-4-3-10;10-4-6-12-9(14)13-7-8-3-1-2-5-11-8;1-7-2-3-8(14-7)6-12-9(13)11-5-4-10/h3-7,10,15H,8-9H2,1-2H3,(H2,18,19,20);4-6H2,1-3H3,(H2,12,13,16);2,4,6H,3,5,7H2,1H3,(H2,13,14,15);2-3,5H,4,6-7H2,1H3,(H2,13,14,15);2-4H,5-7H2,1H3,(H2,12,13,15);1-3H,4-6H2,(H2,12,13,15);5H,3-4,6H2,1-2H3,(H2,11,12,15);1-3,5H,4,6-7H2,(H2,12,13,14);2-3H,4-6H2,1H3,(H2,11,12,13). The van der Waals surface area contributed by atoms with Gasteiger partial charge in [-0.15, -0.1) is 11.3 Å². The van der Waals surface area contributed by atoms with Crippen molar-refractivity contribution < 1.29 is 87.1 Å². The monoisotopic (exact) mass is 2050 g/mol. The van der Waals surface area contributed by atoms with E-state index in [9.17, 15) is 82.7 Å². The molecule has 18 amide bonds. The molecule has 37 nitrogen and oxygen atoms in total. The van der Waals surface area contributed by atoms with Gasteiger partial charge in [-0.25, -0.2) is 87.6 Å². The van der Waals surface area contributed by atoms with Gasteiger partial charge < -0.3 is 100 Å². The molecule has 0 saturated carbocycles. The number of amides is 18. The Hall–Kier alpha value is -14.4. The van der Waals surface area contributed by atoms with Crippen LogP contribution < -0.4 is 95.7 Å². The largest absolute Gasteiger partial charge is 0.465 e. The van der Waals surface area contributed by atoms with Gasteiger partial charge in [-0.2, -0.15) is 10.2 Å². The van der Waals surface area contributed by atoms with Crippen LogP contribution in [0.2, 0.25) is 0 Å². The molecule has 1 unspecified atom stereocenters. The summed E-state index contributed by atoms with van der Waals surface area (Å²) < 4.78 is 115. The molecule has 0 fully saturated rings. The Morgan fingerprint density at radius 2 is 0.793 bits per heavy atom. The van der Waals surface area contributed by atoms with Crippen LogP contribution in [-0.4, -0.2) is 218 Å². The second-order valence-corrected chi connectivity index (χ2v) is 31.2. The molecule has 0 aliphatic heterocycles. The van der Waals surface area contributed by atoms with Gasteiger partial charge in [-0.1, -0.05) is 54.1 Å². The summed E-state index contributed by atoms with van der Waals surface area (Å²) >= 11 is 4.87. The van der Waals surface area contributed by atoms with E-state index in [1.807, 2.05) is 173 Å². The number of alkyl halides is 9. The van der Waals surface area contributed by atoms with Gasteiger partial charge in [0.25, 0.3) is 0 Å². The van der Waals surface area contributed by atoms with Gasteiger partial charge in [-0.05, 0) is 180 Å². The number of aromatic nitrogens is 9. The van der Waals surface area contributed by atoms with Crippen molar-refractivity contribution in [2.75, 3.05) is 119 Å². The first-order chi connectivity index (χ1) is 67.2. The van der Waals surface area contributed by atoms with Gasteiger partial charge in [0.2, 0.25) is 0 Å². The van der Waals surface area contributed by atoms with E-state index in [-0.39, 0.29) is 107 Å². The van der Waals surface area contributed by atoms with Crippen molar-refractivity contribution in [3.8, 4) is 0 Å². The summed E-state index contributed by atoms with van der Waals surface area (Å²) in [4.78, 5) is 123. The number of urea groups is 9. The lowest BCUT2D eigenvalue weighted by Gasteiger charge is -2.19. The van der Waals surface area contributed by atoms with Crippen LogP contribution in [0.4, 0.5) is 82.7 Å². The van der Waals surface area contributed by atoms with Crippen LogP contribution in [0.15, 0.2) is 161 Å². The Labute approximate surface area is 821 Å². The predicted molar refractivity (Wildman–Crippen MR) is 521 cm³/mol. The number of furan rings is 1. The van der Waals surface area contributed by atoms with E-state index in [2.05, 4.69) is 153 Å². The lowest BCUT2D eigenvalue weighted by Crippen LogP contribution is -2.39. The van der Waals surface area contributed by atoms with E-state index >= 15 is 0 Å². The Balaban J connectivity index is 0.000000534. The molecule has 0 aliphatic rings. The van der Waals surface area contributed by atoms with Crippen LogP contribution in [0.5, 0.6) is 0 Å². The number of nitrogens with one attached hydrogen (secondary N) is 18. The number of nitrogens with zero attached hydrogens (tertiary/aromatic N) is 9. The Bertz CT molecular complexity index is 5040. The van der Waals surface area contributed by atoms with Gasteiger partial charge in [0.15, 0.2) is 0 Å². The first kappa shape index (κ1) is 122.